The van der Waals surface area contributed by atoms with E-state index in [0.717, 1.165) is 24.9 Å². The summed E-state index contributed by atoms with van der Waals surface area (Å²) >= 11 is 0. The van der Waals surface area contributed by atoms with Crippen molar-refractivity contribution in [1.82, 2.24) is 5.32 Å². The predicted molar refractivity (Wildman–Crippen MR) is 91.7 cm³/mol. The molecule has 0 fully saturated rings. The first kappa shape index (κ1) is 17.8. The second-order valence-electron chi connectivity index (χ2n) is 7.09. The average Bonchev–Trinajstić information content (AvgIpc) is 2.84. The van der Waals surface area contributed by atoms with Gasteiger partial charge in [0.2, 0.25) is 0 Å². The summed E-state index contributed by atoms with van der Waals surface area (Å²) in [7, 11) is 0. The summed E-state index contributed by atoms with van der Waals surface area (Å²) in [5.74, 6) is 0. The van der Waals surface area contributed by atoms with Crippen LogP contribution in [-0.4, -0.2) is 29.4 Å². The predicted octanol–water partition coefficient (Wildman–Crippen LogP) is 3.38. The number of anilines is 1. The minimum Gasteiger partial charge on any atom is -0.444 e. The number of aliphatic hydroxyl groups excluding tert-OH is 1. The molecule has 23 heavy (non-hydrogen) atoms. The van der Waals surface area contributed by atoms with E-state index in [-0.39, 0.29) is 18.7 Å². The monoisotopic (exact) mass is 320 g/mol. The first-order valence-electron chi connectivity index (χ1n) is 8.32. The van der Waals surface area contributed by atoms with Crippen LogP contribution in [0.1, 0.15) is 57.7 Å². The molecule has 1 amide bonds. The summed E-state index contributed by atoms with van der Waals surface area (Å²) < 4.78 is 5.27. The molecular weight excluding hydrogens is 292 g/mol. The molecule has 1 aliphatic rings. The third-order valence-corrected chi connectivity index (χ3v) is 4.02. The van der Waals surface area contributed by atoms with Crippen LogP contribution in [0.3, 0.4) is 0 Å². The zero-order chi connectivity index (χ0) is 17.0. The van der Waals surface area contributed by atoms with Gasteiger partial charge in [-0.3, -0.25) is 5.32 Å². The van der Waals surface area contributed by atoms with E-state index in [1.807, 2.05) is 32.9 Å². The van der Waals surface area contributed by atoms with Crippen LogP contribution in [0, 0.1) is 0 Å². The van der Waals surface area contributed by atoms with Crippen LogP contribution in [0.2, 0.25) is 0 Å². The zero-order valence-corrected chi connectivity index (χ0v) is 14.5. The topological polar surface area (TPSA) is 70.6 Å². The van der Waals surface area contributed by atoms with E-state index in [4.69, 9.17) is 4.74 Å². The first-order chi connectivity index (χ1) is 10.8. The number of rotatable bonds is 5. The van der Waals surface area contributed by atoms with Crippen molar-refractivity contribution in [3.63, 3.8) is 0 Å². The molecule has 5 nitrogen and oxygen atoms in total. The number of nitrogens with one attached hydrogen (secondary N) is 2. The van der Waals surface area contributed by atoms with Crippen LogP contribution < -0.4 is 10.6 Å². The number of aliphatic hydroxyl groups is 1. The minimum absolute atomic E-state index is 0.130. The number of aryl methyl sites for hydroxylation is 1. The second kappa shape index (κ2) is 7.32. The molecule has 2 rings (SSSR count). The Morgan fingerprint density at radius 1 is 1.43 bits per heavy atom. The average molecular weight is 320 g/mol. The van der Waals surface area contributed by atoms with Gasteiger partial charge in [0.25, 0.3) is 0 Å². The number of hydrogen-bond donors (Lipinski definition) is 3. The minimum atomic E-state index is -0.505. The lowest BCUT2D eigenvalue weighted by Gasteiger charge is -2.21. The van der Waals surface area contributed by atoms with Gasteiger partial charge < -0.3 is 15.2 Å². The van der Waals surface area contributed by atoms with Crippen LogP contribution in [0.25, 0.3) is 0 Å². The van der Waals surface area contributed by atoms with Crippen molar-refractivity contribution < 1.29 is 14.6 Å². The molecule has 5 heteroatoms. The molecule has 0 spiro atoms. The summed E-state index contributed by atoms with van der Waals surface area (Å²) in [6.45, 7) is 7.75. The van der Waals surface area contributed by atoms with Crippen molar-refractivity contribution in [2.24, 2.45) is 0 Å². The third kappa shape index (κ3) is 4.94. The maximum absolute atomic E-state index is 11.8. The molecule has 0 saturated heterocycles. The van der Waals surface area contributed by atoms with Crippen molar-refractivity contribution in [2.75, 3.05) is 11.9 Å². The second-order valence-corrected chi connectivity index (χ2v) is 7.09. The van der Waals surface area contributed by atoms with Crippen molar-refractivity contribution in [1.29, 1.82) is 0 Å². The van der Waals surface area contributed by atoms with Crippen molar-refractivity contribution in [3.05, 3.63) is 29.3 Å². The summed E-state index contributed by atoms with van der Waals surface area (Å²) in [5, 5.41) is 15.6. The van der Waals surface area contributed by atoms with Gasteiger partial charge in [-0.05, 0) is 63.3 Å². The van der Waals surface area contributed by atoms with Gasteiger partial charge in [-0.2, -0.15) is 0 Å². The highest BCUT2D eigenvalue weighted by molar-refractivity contribution is 5.85. The number of benzene rings is 1. The fourth-order valence-corrected chi connectivity index (χ4v) is 2.87. The van der Waals surface area contributed by atoms with Gasteiger partial charge in [0.15, 0.2) is 0 Å². The SMILES string of the molecule is CC[C@H](CO)NC1CCc2cc(NC(=O)OC(C)(C)C)ccc21. The van der Waals surface area contributed by atoms with Gasteiger partial charge in [-0.15, -0.1) is 0 Å². The first-order valence-corrected chi connectivity index (χ1v) is 8.32. The molecule has 0 aliphatic heterocycles. The molecule has 2 atom stereocenters. The Labute approximate surface area is 138 Å². The Hall–Kier alpha value is -1.59. The Morgan fingerprint density at radius 2 is 2.17 bits per heavy atom. The van der Waals surface area contributed by atoms with Crippen molar-refractivity contribution >= 4 is 11.8 Å². The fraction of sp³-hybridized carbons (Fsp3) is 0.611. The van der Waals surface area contributed by atoms with Crippen LogP contribution in [0.4, 0.5) is 10.5 Å². The molecule has 128 valence electrons. The Morgan fingerprint density at radius 3 is 2.78 bits per heavy atom. The zero-order valence-electron chi connectivity index (χ0n) is 14.5. The highest BCUT2D eigenvalue weighted by atomic mass is 16.6. The van der Waals surface area contributed by atoms with Gasteiger partial charge in [-0.25, -0.2) is 4.79 Å². The molecular formula is C18H28N2O3. The number of fused-ring (bicyclic) bond motifs is 1. The van der Waals surface area contributed by atoms with E-state index in [1.165, 1.54) is 11.1 Å². The maximum Gasteiger partial charge on any atom is 0.412 e. The number of hydrogen-bond acceptors (Lipinski definition) is 4. The lowest BCUT2D eigenvalue weighted by atomic mass is 10.1. The Balaban J connectivity index is 2.02. The van der Waals surface area contributed by atoms with E-state index in [0.29, 0.717) is 0 Å². The van der Waals surface area contributed by atoms with E-state index in [1.54, 1.807) is 0 Å². The van der Waals surface area contributed by atoms with Gasteiger partial charge in [-0.1, -0.05) is 13.0 Å². The molecule has 0 saturated carbocycles. The normalized spacial score (nSPS) is 18.4. The number of carbonyl (C=O) groups excluding carboxylic acids is 1. The number of amides is 1. The standard InChI is InChI=1S/C18H28N2O3/c1-5-13(11-21)19-16-9-6-12-10-14(7-8-15(12)16)20-17(22)23-18(2,3)4/h7-8,10,13,16,19,21H,5-6,9,11H2,1-4H3,(H,20,22)/t13-,16?/m1/s1. The third-order valence-electron chi connectivity index (χ3n) is 4.02. The van der Waals surface area contributed by atoms with Gasteiger partial charge in [0.05, 0.1) is 6.61 Å². The number of ether oxygens (including phenoxy) is 1. The summed E-state index contributed by atoms with van der Waals surface area (Å²) in [6, 6.07) is 6.38. The van der Waals surface area contributed by atoms with Gasteiger partial charge in [0.1, 0.15) is 5.60 Å². The molecule has 0 radical (unpaired) electrons. The molecule has 1 unspecified atom stereocenters. The maximum atomic E-state index is 11.8. The summed E-state index contributed by atoms with van der Waals surface area (Å²) in [4.78, 5) is 11.8. The molecule has 0 bridgehead atoms. The van der Waals surface area contributed by atoms with Crippen LogP contribution >= 0.6 is 0 Å². The molecule has 0 aromatic heterocycles. The van der Waals surface area contributed by atoms with E-state index in [9.17, 15) is 9.90 Å². The molecule has 0 heterocycles. The molecule has 1 aromatic rings. The van der Waals surface area contributed by atoms with Crippen molar-refractivity contribution in [3.8, 4) is 0 Å². The lowest BCUT2D eigenvalue weighted by molar-refractivity contribution is 0.0636. The van der Waals surface area contributed by atoms with Gasteiger partial charge in [0, 0.05) is 17.8 Å². The summed E-state index contributed by atoms with van der Waals surface area (Å²) in [6.07, 6.45) is 2.46. The number of carbonyl (C=O) groups is 1. The smallest absolute Gasteiger partial charge is 0.412 e. The molecule has 1 aromatic carbocycles. The van der Waals surface area contributed by atoms with Crippen LogP contribution in [0.5, 0.6) is 0 Å². The van der Waals surface area contributed by atoms with E-state index >= 15 is 0 Å². The van der Waals surface area contributed by atoms with Crippen LogP contribution in [-0.2, 0) is 11.2 Å². The molecule has 3 N–H and O–H groups in total. The van der Waals surface area contributed by atoms with E-state index < -0.39 is 11.7 Å². The fourth-order valence-electron chi connectivity index (χ4n) is 2.87. The van der Waals surface area contributed by atoms with Gasteiger partial charge >= 0.3 is 6.09 Å². The molecule has 1 aliphatic carbocycles. The van der Waals surface area contributed by atoms with Crippen molar-refractivity contribution in [2.45, 2.75) is 64.6 Å². The lowest BCUT2D eigenvalue weighted by Crippen LogP contribution is -2.34. The van der Waals surface area contributed by atoms with E-state index in [2.05, 4.69) is 23.6 Å². The Kier molecular flexibility index (Phi) is 5.65. The Bertz CT molecular complexity index is 548. The van der Waals surface area contributed by atoms with Crippen LogP contribution in [0.15, 0.2) is 18.2 Å². The summed E-state index contributed by atoms with van der Waals surface area (Å²) in [5.41, 5.74) is 2.75. The largest absolute Gasteiger partial charge is 0.444 e. The highest BCUT2D eigenvalue weighted by Crippen LogP contribution is 2.33. The quantitative estimate of drug-likeness (QED) is 0.778. The highest BCUT2D eigenvalue weighted by Gasteiger charge is 2.24.